The van der Waals surface area contributed by atoms with Crippen molar-refractivity contribution in [1.29, 1.82) is 0 Å². The zero-order chi connectivity index (χ0) is 15.8. The van der Waals surface area contributed by atoms with Crippen LogP contribution in [0.4, 0.5) is 0 Å². The van der Waals surface area contributed by atoms with Gasteiger partial charge in [0.1, 0.15) is 0 Å². The smallest absolute Gasteiger partial charge is 0.0304 e. The lowest BCUT2D eigenvalue weighted by atomic mass is 9.88. The molecule has 0 fully saturated rings. The number of rotatable bonds is 9. The minimum atomic E-state index is 0.00156. The minimum Gasteiger partial charge on any atom is -0.324 e. The SMILES string of the molecule is CCCC(N)c1[c]c(C(N)CCC)c(C(N)CCC)cc1. The summed E-state index contributed by atoms with van der Waals surface area (Å²) in [5, 5.41) is 0. The number of hydrogen-bond acceptors (Lipinski definition) is 3. The van der Waals surface area contributed by atoms with E-state index >= 15 is 0 Å². The third-order valence-corrected chi connectivity index (χ3v) is 4.00. The van der Waals surface area contributed by atoms with Crippen molar-refractivity contribution in [3.63, 3.8) is 0 Å². The van der Waals surface area contributed by atoms with E-state index in [0.717, 1.165) is 55.2 Å². The molecule has 119 valence electrons. The minimum absolute atomic E-state index is 0.00156. The maximum absolute atomic E-state index is 6.36. The van der Waals surface area contributed by atoms with Gasteiger partial charge in [-0.05, 0) is 42.0 Å². The average molecular weight is 290 g/mol. The van der Waals surface area contributed by atoms with Crippen LogP contribution in [0.25, 0.3) is 0 Å². The van der Waals surface area contributed by atoms with Gasteiger partial charge in [0, 0.05) is 18.1 Å². The molecule has 0 amide bonds. The molecular formula is C18H32N3. The van der Waals surface area contributed by atoms with E-state index in [-0.39, 0.29) is 18.1 Å². The van der Waals surface area contributed by atoms with Gasteiger partial charge in [0.2, 0.25) is 0 Å². The highest BCUT2D eigenvalue weighted by Crippen LogP contribution is 2.29. The predicted octanol–water partition coefficient (Wildman–Crippen LogP) is 3.89. The lowest BCUT2D eigenvalue weighted by Gasteiger charge is -2.22. The van der Waals surface area contributed by atoms with Crippen LogP contribution in [-0.2, 0) is 0 Å². The van der Waals surface area contributed by atoms with E-state index in [1.165, 1.54) is 0 Å². The third-order valence-electron chi connectivity index (χ3n) is 4.00. The van der Waals surface area contributed by atoms with Crippen LogP contribution in [0.15, 0.2) is 12.1 Å². The van der Waals surface area contributed by atoms with Gasteiger partial charge < -0.3 is 17.2 Å². The molecule has 1 aromatic carbocycles. The summed E-state index contributed by atoms with van der Waals surface area (Å²) in [5.41, 5.74) is 22.2. The van der Waals surface area contributed by atoms with Crippen LogP contribution in [0.2, 0.25) is 0 Å². The Morgan fingerprint density at radius 2 is 1.33 bits per heavy atom. The van der Waals surface area contributed by atoms with Crippen LogP contribution in [-0.4, -0.2) is 0 Å². The van der Waals surface area contributed by atoms with Gasteiger partial charge in [0.15, 0.2) is 0 Å². The summed E-state index contributed by atoms with van der Waals surface area (Å²) in [5.74, 6) is 0. The van der Waals surface area contributed by atoms with Crippen LogP contribution < -0.4 is 17.2 Å². The van der Waals surface area contributed by atoms with Gasteiger partial charge in [-0.2, -0.15) is 0 Å². The van der Waals surface area contributed by atoms with Gasteiger partial charge in [-0.3, -0.25) is 0 Å². The topological polar surface area (TPSA) is 78.1 Å². The fraction of sp³-hybridized carbons (Fsp3) is 0.667. The van der Waals surface area contributed by atoms with Crippen molar-refractivity contribution in [2.75, 3.05) is 0 Å². The van der Waals surface area contributed by atoms with Crippen LogP contribution in [0.5, 0.6) is 0 Å². The van der Waals surface area contributed by atoms with Crippen molar-refractivity contribution in [1.82, 2.24) is 0 Å². The van der Waals surface area contributed by atoms with E-state index in [0.29, 0.717) is 0 Å². The normalized spacial score (nSPS) is 15.7. The van der Waals surface area contributed by atoms with Crippen LogP contribution in [0, 0.1) is 6.07 Å². The van der Waals surface area contributed by atoms with Crippen LogP contribution >= 0.6 is 0 Å². The molecule has 21 heavy (non-hydrogen) atoms. The van der Waals surface area contributed by atoms with Crippen molar-refractivity contribution < 1.29 is 0 Å². The molecule has 3 atom stereocenters. The molecule has 0 aromatic heterocycles. The predicted molar refractivity (Wildman–Crippen MR) is 90.8 cm³/mol. The van der Waals surface area contributed by atoms with Gasteiger partial charge in [-0.1, -0.05) is 52.2 Å². The molecule has 1 rings (SSSR count). The molecular weight excluding hydrogens is 258 g/mol. The molecule has 0 bridgehead atoms. The van der Waals surface area contributed by atoms with Crippen molar-refractivity contribution in [2.45, 2.75) is 77.4 Å². The summed E-state index contributed by atoms with van der Waals surface area (Å²) >= 11 is 0. The molecule has 0 aliphatic heterocycles. The first kappa shape index (κ1) is 18.1. The summed E-state index contributed by atoms with van der Waals surface area (Å²) < 4.78 is 0. The second-order valence-corrected chi connectivity index (χ2v) is 5.97. The van der Waals surface area contributed by atoms with E-state index in [2.05, 4.69) is 39.0 Å². The molecule has 0 aliphatic carbocycles. The Hall–Kier alpha value is -0.900. The van der Waals surface area contributed by atoms with Crippen molar-refractivity contribution in [3.05, 3.63) is 34.9 Å². The molecule has 1 aromatic rings. The molecule has 0 aliphatic rings. The van der Waals surface area contributed by atoms with Gasteiger partial charge in [-0.15, -0.1) is 0 Å². The summed E-state index contributed by atoms with van der Waals surface area (Å²) in [6, 6.07) is 7.77. The lowest BCUT2D eigenvalue weighted by molar-refractivity contribution is 0.587. The molecule has 0 heterocycles. The molecule has 6 N–H and O–H groups in total. The average Bonchev–Trinajstić information content (AvgIpc) is 2.47. The first-order valence-corrected chi connectivity index (χ1v) is 8.37. The summed E-state index contributed by atoms with van der Waals surface area (Å²) in [6.45, 7) is 6.45. The lowest BCUT2D eigenvalue weighted by Crippen LogP contribution is -2.20. The van der Waals surface area contributed by atoms with Gasteiger partial charge in [0.25, 0.3) is 0 Å². The highest BCUT2D eigenvalue weighted by atomic mass is 14.7. The maximum Gasteiger partial charge on any atom is 0.0304 e. The van der Waals surface area contributed by atoms with Gasteiger partial charge >= 0.3 is 0 Å². The van der Waals surface area contributed by atoms with E-state index in [1.54, 1.807) is 0 Å². The molecule has 1 radical (unpaired) electrons. The van der Waals surface area contributed by atoms with Gasteiger partial charge in [-0.25, -0.2) is 0 Å². The number of hydrogen-bond donors (Lipinski definition) is 3. The fourth-order valence-corrected chi connectivity index (χ4v) is 2.77. The maximum atomic E-state index is 6.36. The first-order valence-electron chi connectivity index (χ1n) is 8.37. The second-order valence-electron chi connectivity index (χ2n) is 5.97. The largest absolute Gasteiger partial charge is 0.324 e. The Morgan fingerprint density at radius 3 is 1.90 bits per heavy atom. The molecule has 3 nitrogen and oxygen atoms in total. The zero-order valence-corrected chi connectivity index (χ0v) is 13.9. The van der Waals surface area contributed by atoms with E-state index in [4.69, 9.17) is 17.2 Å². The molecule has 0 spiro atoms. The van der Waals surface area contributed by atoms with Crippen LogP contribution in [0.1, 0.15) is 94.1 Å². The van der Waals surface area contributed by atoms with Crippen LogP contribution in [0.3, 0.4) is 0 Å². The summed E-state index contributed by atoms with van der Waals surface area (Å²) in [7, 11) is 0. The highest BCUT2D eigenvalue weighted by molar-refractivity contribution is 5.36. The van der Waals surface area contributed by atoms with E-state index in [9.17, 15) is 0 Å². The van der Waals surface area contributed by atoms with E-state index < -0.39 is 0 Å². The zero-order valence-electron chi connectivity index (χ0n) is 13.9. The molecule has 3 unspecified atom stereocenters. The fourth-order valence-electron chi connectivity index (χ4n) is 2.77. The number of nitrogens with two attached hydrogens (primary N) is 3. The Balaban J connectivity index is 3.12. The number of benzene rings is 1. The molecule has 0 saturated heterocycles. The Morgan fingerprint density at radius 1 is 0.810 bits per heavy atom. The van der Waals surface area contributed by atoms with E-state index in [1.807, 2.05) is 0 Å². The second kappa shape index (κ2) is 9.19. The monoisotopic (exact) mass is 290 g/mol. The highest BCUT2D eigenvalue weighted by Gasteiger charge is 2.18. The quantitative estimate of drug-likeness (QED) is 0.645. The Bertz CT molecular complexity index is 417. The summed E-state index contributed by atoms with van der Waals surface area (Å²) in [6.07, 6.45) is 6.10. The standard InChI is InChI=1S/C18H32N3/c1-4-7-16(19)13-10-11-14(17(20)8-5-2)15(12-13)18(21)9-6-3/h10-11,16-18H,4-9,19-21H2,1-3H3. The summed E-state index contributed by atoms with van der Waals surface area (Å²) in [4.78, 5) is 0. The van der Waals surface area contributed by atoms with Crippen molar-refractivity contribution >= 4 is 0 Å². The van der Waals surface area contributed by atoms with Crippen molar-refractivity contribution in [2.24, 2.45) is 17.2 Å². The Labute approximate surface area is 130 Å². The third kappa shape index (κ3) is 5.10. The molecule has 3 heteroatoms. The molecule has 0 saturated carbocycles. The van der Waals surface area contributed by atoms with Gasteiger partial charge in [0.05, 0.1) is 0 Å². The first-order chi connectivity index (χ1) is 10.0. The van der Waals surface area contributed by atoms with Crippen molar-refractivity contribution in [3.8, 4) is 0 Å². The Kier molecular flexibility index (Phi) is 7.94.